The Morgan fingerprint density at radius 1 is 1.73 bits per heavy atom. The van der Waals surface area contributed by atoms with Gasteiger partial charge in [-0.2, -0.15) is 0 Å². The number of aliphatic hydroxyl groups is 2. The topological polar surface area (TPSA) is 49.7 Å². The first-order valence-corrected chi connectivity index (χ1v) is 3.39. The number of hydrogen-bond donors (Lipinski definition) is 2. The lowest BCUT2D eigenvalue weighted by atomic mass is 10.0. The van der Waals surface area contributed by atoms with Crippen LogP contribution in [0.2, 0.25) is 0 Å². The first-order valence-electron chi connectivity index (χ1n) is 3.39. The van der Waals surface area contributed by atoms with Gasteiger partial charge in [-0.3, -0.25) is 0 Å². The third-order valence-corrected chi connectivity index (χ3v) is 1.95. The largest absolute Gasteiger partial charge is 0.506 e. The van der Waals surface area contributed by atoms with Gasteiger partial charge in [-0.05, 0) is 13.8 Å². The van der Waals surface area contributed by atoms with E-state index in [2.05, 4.69) is 0 Å². The summed E-state index contributed by atoms with van der Waals surface area (Å²) < 4.78 is 18.1. The molecule has 0 aromatic carbocycles. The van der Waals surface area contributed by atoms with E-state index in [0.29, 0.717) is 0 Å². The van der Waals surface area contributed by atoms with Gasteiger partial charge in [0.15, 0.2) is 11.5 Å². The molecular weight excluding hydrogens is 151 g/mol. The Hall–Kier alpha value is -0.770. The normalized spacial score (nSPS) is 37.6. The Morgan fingerprint density at radius 2 is 2.27 bits per heavy atom. The van der Waals surface area contributed by atoms with Gasteiger partial charge in [0.25, 0.3) is 0 Å². The lowest BCUT2D eigenvalue weighted by molar-refractivity contribution is 0.0349. The quantitative estimate of drug-likeness (QED) is 0.602. The molecule has 2 N–H and O–H groups in total. The predicted molar refractivity (Wildman–Crippen MR) is 36.8 cm³/mol. The van der Waals surface area contributed by atoms with E-state index in [9.17, 15) is 4.39 Å². The summed E-state index contributed by atoms with van der Waals surface area (Å²) in [6.45, 7) is 2.25. The van der Waals surface area contributed by atoms with Crippen LogP contribution in [0.5, 0.6) is 0 Å². The van der Waals surface area contributed by atoms with Gasteiger partial charge in [-0.1, -0.05) is 0 Å². The maximum absolute atomic E-state index is 13.3. The van der Waals surface area contributed by atoms with E-state index < -0.39 is 24.1 Å². The van der Waals surface area contributed by atoms with Crippen LogP contribution in [0.25, 0.3) is 0 Å². The van der Waals surface area contributed by atoms with Gasteiger partial charge in [0.2, 0.25) is 5.67 Å². The molecule has 0 aromatic rings. The van der Waals surface area contributed by atoms with Crippen LogP contribution in [0.1, 0.15) is 13.8 Å². The molecule has 0 saturated carbocycles. The molecule has 0 radical (unpaired) electrons. The number of ether oxygens (including phenoxy) is 1. The van der Waals surface area contributed by atoms with Crippen molar-refractivity contribution >= 4 is 0 Å². The fourth-order valence-corrected chi connectivity index (χ4v) is 0.957. The van der Waals surface area contributed by atoms with Crippen LogP contribution >= 0.6 is 0 Å². The van der Waals surface area contributed by atoms with E-state index in [-0.39, 0.29) is 5.76 Å². The molecule has 1 unspecified atom stereocenters. The molecule has 1 heterocycles. The molecule has 0 aromatic heterocycles. The smallest absolute Gasteiger partial charge is 0.204 e. The van der Waals surface area contributed by atoms with E-state index in [1.54, 1.807) is 0 Å². The molecule has 64 valence electrons. The monoisotopic (exact) mass is 162 g/mol. The standard InChI is InChI=1S/C7H11FO3/c1-4-7(2,8)6(10)5(3-9)11-4/h4,9-10H,3H2,1-2H3/t4-,7?/m0/s1. The van der Waals surface area contributed by atoms with Gasteiger partial charge < -0.3 is 14.9 Å². The predicted octanol–water partition coefficient (Wildman–Crippen LogP) is 0.895. The van der Waals surface area contributed by atoms with Gasteiger partial charge in [-0.25, -0.2) is 4.39 Å². The molecule has 0 fully saturated rings. The fraction of sp³-hybridized carbons (Fsp3) is 0.714. The molecule has 0 saturated heterocycles. The van der Waals surface area contributed by atoms with E-state index in [1.165, 1.54) is 13.8 Å². The molecular formula is C7H11FO3. The second-order valence-corrected chi connectivity index (χ2v) is 2.77. The van der Waals surface area contributed by atoms with Crippen LogP contribution < -0.4 is 0 Å². The number of alkyl halides is 1. The Labute approximate surface area is 64.1 Å². The van der Waals surface area contributed by atoms with Gasteiger partial charge >= 0.3 is 0 Å². The molecule has 0 aliphatic carbocycles. The van der Waals surface area contributed by atoms with Crippen molar-refractivity contribution < 1.29 is 19.3 Å². The lowest BCUT2D eigenvalue weighted by Gasteiger charge is -2.17. The number of rotatable bonds is 1. The molecule has 0 amide bonds. The Bertz CT molecular complexity index is 198. The summed E-state index contributed by atoms with van der Waals surface area (Å²) in [5.74, 6) is -0.560. The Morgan fingerprint density at radius 3 is 2.45 bits per heavy atom. The lowest BCUT2D eigenvalue weighted by Crippen LogP contribution is -2.30. The highest BCUT2D eigenvalue weighted by molar-refractivity contribution is 5.20. The summed E-state index contributed by atoms with van der Waals surface area (Å²) in [5, 5.41) is 17.7. The molecule has 3 nitrogen and oxygen atoms in total. The highest BCUT2D eigenvalue weighted by atomic mass is 19.1. The van der Waals surface area contributed by atoms with Crippen molar-refractivity contribution in [3.63, 3.8) is 0 Å². The molecule has 2 atom stereocenters. The summed E-state index contributed by atoms with van der Waals surface area (Å²) in [6, 6.07) is 0. The van der Waals surface area contributed by atoms with Crippen LogP contribution in [-0.2, 0) is 4.74 Å². The maximum atomic E-state index is 13.3. The minimum absolute atomic E-state index is 0.0671. The van der Waals surface area contributed by atoms with E-state index in [0.717, 1.165) is 0 Å². The third-order valence-electron chi connectivity index (χ3n) is 1.95. The molecule has 0 bridgehead atoms. The average Bonchev–Trinajstić information content (AvgIpc) is 2.14. The molecule has 4 heteroatoms. The highest BCUT2D eigenvalue weighted by Gasteiger charge is 2.45. The number of halogens is 1. The van der Waals surface area contributed by atoms with Crippen LogP contribution in [0.3, 0.4) is 0 Å². The van der Waals surface area contributed by atoms with Gasteiger partial charge in [0, 0.05) is 0 Å². The number of hydrogen-bond acceptors (Lipinski definition) is 3. The van der Waals surface area contributed by atoms with E-state index >= 15 is 0 Å². The summed E-state index contributed by atoms with van der Waals surface area (Å²) in [5.41, 5.74) is -1.86. The summed E-state index contributed by atoms with van der Waals surface area (Å²) >= 11 is 0. The zero-order valence-corrected chi connectivity index (χ0v) is 6.47. The number of aliphatic hydroxyl groups excluding tert-OH is 2. The van der Waals surface area contributed by atoms with E-state index in [4.69, 9.17) is 14.9 Å². The molecule has 0 spiro atoms. The van der Waals surface area contributed by atoms with E-state index in [1.807, 2.05) is 0 Å². The SMILES string of the molecule is C[C@@H]1OC(CO)=C(O)C1(C)F. The van der Waals surface area contributed by atoms with Gasteiger partial charge in [-0.15, -0.1) is 0 Å². The maximum Gasteiger partial charge on any atom is 0.204 e. The van der Waals surface area contributed by atoms with Crippen molar-refractivity contribution in [2.45, 2.75) is 25.6 Å². The molecule has 1 rings (SSSR count). The van der Waals surface area contributed by atoms with Gasteiger partial charge in [0.1, 0.15) is 12.7 Å². The Balaban J connectivity index is 2.92. The van der Waals surface area contributed by atoms with Crippen molar-refractivity contribution in [2.24, 2.45) is 0 Å². The van der Waals surface area contributed by atoms with Crippen LogP contribution in [0.15, 0.2) is 11.5 Å². The first-order chi connectivity index (χ1) is 5.00. The zero-order chi connectivity index (χ0) is 8.65. The van der Waals surface area contributed by atoms with Crippen molar-refractivity contribution in [1.29, 1.82) is 0 Å². The zero-order valence-electron chi connectivity index (χ0n) is 6.47. The van der Waals surface area contributed by atoms with Crippen molar-refractivity contribution in [3.05, 3.63) is 11.5 Å². The van der Waals surface area contributed by atoms with Gasteiger partial charge in [0.05, 0.1) is 0 Å². The second kappa shape index (κ2) is 2.37. The highest BCUT2D eigenvalue weighted by Crippen LogP contribution is 2.35. The molecule has 1 aliphatic heterocycles. The minimum atomic E-state index is -1.86. The van der Waals surface area contributed by atoms with Crippen LogP contribution in [0, 0.1) is 0 Å². The summed E-state index contributed by atoms with van der Waals surface area (Å²) in [4.78, 5) is 0. The third kappa shape index (κ3) is 1.07. The van der Waals surface area contributed by atoms with Crippen molar-refractivity contribution in [1.82, 2.24) is 0 Å². The molecule has 11 heavy (non-hydrogen) atoms. The minimum Gasteiger partial charge on any atom is -0.506 e. The summed E-state index contributed by atoms with van der Waals surface area (Å²) in [7, 11) is 0. The van der Waals surface area contributed by atoms with Crippen molar-refractivity contribution in [3.8, 4) is 0 Å². The van der Waals surface area contributed by atoms with Crippen LogP contribution in [0.4, 0.5) is 4.39 Å². The average molecular weight is 162 g/mol. The summed E-state index contributed by atoms with van der Waals surface area (Å²) in [6.07, 6.45) is -0.732. The molecule has 1 aliphatic rings. The fourth-order valence-electron chi connectivity index (χ4n) is 0.957. The first kappa shape index (κ1) is 8.33. The van der Waals surface area contributed by atoms with Crippen molar-refractivity contribution in [2.75, 3.05) is 6.61 Å². The second-order valence-electron chi connectivity index (χ2n) is 2.77. The van der Waals surface area contributed by atoms with Crippen LogP contribution in [-0.4, -0.2) is 28.6 Å². The Kier molecular flexibility index (Phi) is 1.80.